The summed E-state index contributed by atoms with van der Waals surface area (Å²) in [5.74, 6) is 2.32. The molecule has 0 radical (unpaired) electrons. The summed E-state index contributed by atoms with van der Waals surface area (Å²) < 4.78 is 13.7. The third kappa shape index (κ3) is 11.1. The zero-order valence-corrected chi connectivity index (χ0v) is 55.4. The van der Waals surface area contributed by atoms with Crippen LogP contribution in [0.1, 0.15) is 105 Å². The Morgan fingerprint density at radius 2 is 0.843 bits per heavy atom. The first-order chi connectivity index (χ1) is 42.6. The number of benzene rings is 10. The molecule has 0 bridgehead atoms. The molecule has 1 aliphatic heterocycles. The zero-order chi connectivity index (χ0) is 62.1. The van der Waals surface area contributed by atoms with E-state index in [-0.39, 0.29) is 21.7 Å². The van der Waals surface area contributed by atoms with Crippen LogP contribution in [0.5, 0.6) is 11.5 Å². The molecule has 7 heteroatoms. The molecule has 0 unspecified atom stereocenters. The van der Waals surface area contributed by atoms with Crippen LogP contribution in [0.2, 0.25) is 0 Å². The predicted octanol–water partition coefficient (Wildman–Crippen LogP) is 22.8. The van der Waals surface area contributed by atoms with Gasteiger partial charge >= 0.3 is 358 Å². The Morgan fingerprint density at radius 3 is 1.42 bits per heavy atom. The first-order valence-corrected chi connectivity index (χ1v) is 32.1. The van der Waals surface area contributed by atoms with Gasteiger partial charge in [0.15, 0.2) is 0 Å². The standard InChI is InChI=1S/C82H77N5O.Pt/c1-79(2,3)57-43-44-72-67(49-57)65-35-22-24-39-70(65)86(60-33-20-15-21-34-60)71-40-25-23-36-66(71)68-52-69(82(10,11)12)76(53-75(68)87(72)77-50-58(45-46-83-77)80(4,5)6)88-62-48-59(81(7,8)9)47-61(51-62)84-54-85(74-42-27-26-41-73(74)84)78-63(55-29-16-13-17-30-55)37-28-38-64(78)56-31-18-14-19-32-56;/h13-53H,1-12H3;. The van der Waals surface area contributed by atoms with Gasteiger partial charge in [0.2, 0.25) is 0 Å². The molecule has 1 aliphatic rings. The van der Waals surface area contributed by atoms with E-state index < -0.39 is 0 Å². The fraction of sp³-hybridized carbons (Fsp3) is 0.195. The average molecular weight is 1340 g/mol. The summed E-state index contributed by atoms with van der Waals surface area (Å²) in [6, 6.07) is 88.8. The van der Waals surface area contributed by atoms with Gasteiger partial charge in [-0.3, -0.25) is 0 Å². The van der Waals surface area contributed by atoms with Crippen molar-refractivity contribution in [1.29, 1.82) is 0 Å². The Labute approximate surface area is 536 Å². The van der Waals surface area contributed by atoms with Gasteiger partial charge in [0.1, 0.15) is 0 Å². The number of hydrogen-bond acceptors (Lipinski definition) is 4. The van der Waals surface area contributed by atoms with Crippen molar-refractivity contribution in [3.8, 4) is 67.4 Å². The molecule has 0 atom stereocenters. The van der Waals surface area contributed by atoms with Crippen LogP contribution >= 0.6 is 0 Å². The molecular formula is C82H77N5OPt. The minimum atomic E-state index is -0.389. The molecule has 446 valence electrons. The summed E-state index contributed by atoms with van der Waals surface area (Å²) in [6.45, 7) is 27.5. The zero-order valence-electron chi connectivity index (χ0n) is 53.1. The number of hydrogen-bond donors (Lipinski definition) is 0. The van der Waals surface area contributed by atoms with Crippen LogP contribution in [0.3, 0.4) is 0 Å². The Morgan fingerprint density at radius 1 is 0.348 bits per heavy atom. The van der Waals surface area contributed by atoms with Gasteiger partial charge in [0, 0.05) is 17.4 Å². The number of imidazole rings is 1. The quantitative estimate of drug-likeness (QED) is 0.152. The van der Waals surface area contributed by atoms with Gasteiger partial charge in [-0.15, -0.1) is 0 Å². The minimum absolute atomic E-state index is 0.149. The Bertz CT molecular complexity index is 4650. The number of para-hydroxylation sites is 6. The van der Waals surface area contributed by atoms with Gasteiger partial charge < -0.3 is 4.90 Å². The molecule has 0 aliphatic carbocycles. The fourth-order valence-electron chi connectivity index (χ4n) is 12.6. The molecule has 6 nitrogen and oxygen atoms in total. The van der Waals surface area contributed by atoms with Crippen molar-refractivity contribution in [1.82, 2.24) is 14.1 Å². The summed E-state index contributed by atoms with van der Waals surface area (Å²) in [7, 11) is 0. The molecule has 0 fully saturated rings. The summed E-state index contributed by atoms with van der Waals surface area (Å²) in [5, 5.41) is 0. The molecule has 0 spiro atoms. The van der Waals surface area contributed by atoms with E-state index in [1.54, 1.807) is 0 Å². The van der Waals surface area contributed by atoms with E-state index in [9.17, 15) is 0 Å². The molecular weight excluding hydrogens is 1270 g/mol. The molecule has 2 aromatic heterocycles. The summed E-state index contributed by atoms with van der Waals surface area (Å²) in [4.78, 5) is 10.3. The topological polar surface area (TPSA) is 38.5 Å². The van der Waals surface area contributed by atoms with Gasteiger partial charge in [0.05, 0.1) is 5.69 Å². The van der Waals surface area contributed by atoms with Crippen LogP contribution in [0.25, 0.3) is 66.9 Å². The molecule has 0 amide bonds. The summed E-state index contributed by atoms with van der Waals surface area (Å²) in [6.07, 6.45) is 1.98. The first kappa shape index (κ1) is 58.9. The predicted molar refractivity (Wildman–Crippen MR) is 370 cm³/mol. The van der Waals surface area contributed by atoms with Gasteiger partial charge in [-0.2, -0.15) is 0 Å². The second kappa shape index (κ2) is 22.8. The van der Waals surface area contributed by atoms with Crippen LogP contribution in [-0.4, -0.2) is 14.1 Å². The monoisotopic (exact) mass is 1340 g/mol. The van der Waals surface area contributed by atoms with E-state index in [2.05, 4.69) is 364 Å². The van der Waals surface area contributed by atoms with Crippen molar-refractivity contribution in [3.63, 3.8) is 0 Å². The number of anilines is 6. The van der Waals surface area contributed by atoms with Crippen LogP contribution in [0.4, 0.5) is 34.3 Å². The Hall–Kier alpha value is -9.09. The maximum absolute atomic E-state index is 7.79. The van der Waals surface area contributed by atoms with Crippen LogP contribution < -0.4 is 14.5 Å². The van der Waals surface area contributed by atoms with E-state index in [4.69, 9.17) is 9.72 Å². The third-order valence-electron chi connectivity index (χ3n) is 17.4. The number of ether oxygens (including phenoxy) is 1. The maximum atomic E-state index is 7.79. The van der Waals surface area contributed by atoms with Gasteiger partial charge in [-0.1, -0.05) is 96.1 Å². The van der Waals surface area contributed by atoms with Crippen molar-refractivity contribution in [2.24, 2.45) is 0 Å². The molecule has 10 aromatic carbocycles. The summed E-state index contributed by atoms with van der Waals surface area (Å²) in [5.41, 5.74) is 22.1. The van der Waals surface area contributed by atoms with Crippen molar-refractivity contribution in [2.75, 3.05) is 9.80 Å². The fourth-order valence-corrected chi connectivity index (χ4v) is 13.7. The van der Waals surface area contributed by atoms with Crippen LogP contribution in [-0.2, 0) is 41.0 Å². The van der Waals surface area contributed by atoms with Gasteiger partial charge in [-0.25, -0.2) is 0 Å². The SMILES string of the molecule is CC(C)(C)c1cc(Oc2cc3c(cc2C(C)(C)C)-c2ccccc2N(c2ccccc2)c2ccccc2-c2cc(C(C)(C)C)ccc2N3c2cc(C(C)(C)C)ccn2)cc(-n2[c](=[Pt])n(-c3c(-c4ccccc4)cccc3-c3ccccc3)c3ccccc32)c1. The number of aromatic nitrogens is 3. The molecule has 89 heavy (non-hydrogen) atoms. The number of pyridine rings is 1. The molecule has 0 saturated carbocycles. The van der Waals surface area contributed by atoms with E-state index in [0.29, 0.717) is 0 Å². The molecule has 13 rings (SSSR count). The van der Waals surface area contributed by atoms with E-state index >= 15 is 0 Å². The van der Waals surface area contributed by atoms with Crippen molar-refractivity contribution in [3.05, 3.63) is 275 Å². The third-order valence-corrected chi connectivity index (χ3v) is 18.4. The van der Waals surface area contributed by atoms with E-state index in [1.807, 2.05) is 6.20 Å². The average Bonchev–Trinajstić information content (AvgIpc) is 1.72. The van der Waals surface area contributed by atoms with E-state index in [1.165, 1.54) is 11.1 Å². The second-order valence-electron chi connectivity index (χ2n) is 27.7. The van der Waals surface area contributed by atoms with Gasteiger partial charge in [-0.05, 0) is 58.4 Å². The van der Waals surface area contributed by atoms with Crippen molar-refractivity contribution >= 4 is 45.3 Å². The molecule has 12 aromatic rings. The summed E-state index contributed by atoms with van der Waals surface area (Å²) >= 11 is 2.57. The van der Waals surface area contributed by atoms with Crippen LogP contribution in [0, 0.1) is 3.80 Å². The Kier molecular flexibility index (Phi) is 15.1. The number of rotatable bonds is 8. The molecule has 0 saturated heterocycles. The number of fused-ring (bicyclic) bond motifs is 7. The number of nitrogens with zero attached hydrogens (tertiary/aromatic N) is 5. The van der Waals surface area contributed by atoms with Crippen molar-refractivity contribution < 1.29 is 24.1 Å². The molecule has 0 N–H and O–H groups in total. The first-order valence-electron chi connectivity index (χ1n) is 31.0. The van der Waals surface area contributed by atoms with Crippen molar-refractivity contribution in [2.45, 2.75) is 105 Å². The van der Waals surface area contributed by atoms with Gasteiger partial charge in [0.25, 0.3) is 0 Å². The van der Waals surface area contributed by atoms with E-state index in [0.717, 1.165) is 128 Å². The molecule has 3 heterocycles. The van der Waals surface area contributed by atoms with Crippen LogP contribution in [0.15, 0.2) is 249 Å². The Balaban J connectivity index is 1.10. The normalized spacial score (nSPS) is 12.7. The second-order valence-corrected chi connectivity index (χ2v) is 28.7.